The lowest BCUT2D eigenvalue weighted by Crippen LogP contribution is -2.15. The Hall–Kier alpha value is -1.84. The molecule has 22 heavy (non-hydrogen) atoms. The minimum absolute atomic E-state index is 0.190. The normalized spacial score (nSPS) is 10.0. The highest BCUT2D eigenvalue weighted by atomic mass is 79.9. The fourth-order valence-corrected chi connectivity index (χ4v) is 2.92. The molecule has 0 spiro atoms. The predicted octanol–water partition coefficient (Wildman–Crippen LogP) is 4.33. The van der Waals surface area contributed by atoms with Gasteiger partial charge in [-0.1, -0.05) is 34.1 Å². The first kappa shape index (κ1) is 16.5. The maximum atomic E-state index is 13.6. The number of nitrogens with zero attached hydrogens (tertiary/aromatic N) is 1. The molecule has 0 fully saturated rings. The van der Waals surface area contributed by atoms with E-state index in [2.05, 4.69) is 21.2 Å². The van der Waals surface area contributed by atoms with Crippen molar-refractivity contribution in [1.29, 1.82) is 5.26 Å². The van der Waals surface area contributed by atoms with E-state index in [0.29, 0.717) is 27.0 Å². The van der Waals surface area contributed by atoms with Gasteiger partial charge in [-0.25, -0.2) is 4.39 Å². The second kappa shape index (κ2) is 7.97. The summed E-state index contributed by atoms with van der Waals surface area (Å²) in [5.41, 5.74) is 1.46. The van der Waals surface area contributed by atoms with E-state index in [4.69, 9.17) is 5.26 Å². The number of nitriles is 1. The van der Waals surface area contributed by atoms with Crippen molar-refractivity contribution in [3.05, 3.63) is 63.9 Å². The molecule has 0 heterocycles. The highest BCUT2D eigenvalue weighted by Gasteiger charge is 2.08. The number of halogens is 2. The zero-order valence-electron chi connectivity index (χ0n) is 11.5. The molecule has 2 rings (SSSR count). The van der Waals surface area contributed by atoms with Crippen LogP contribution in [-0.4, -0.2) is 11.7 Å². The Labute approximate surface area is 140 Å². The highest BCUT2D eigenvalue weighted by molar-refractivity contribution is 9.10. The van der Waals surface area contributed by atoms with Crippen molar-refractivity contribution in [3.63, 3.8) is 0 Å². The minimum atomic E-state index is -0.294. The number of para-hydroxylation sites is 1. The molecule has 1 N–H and O–H groups in total. The van der Waals surface area contributed by atoms with Crippen LogP contribution in [0.2, 0.25) is 0 Å². The van der Waals surface area contributed by atoms with Crippen LogP contribution in [0.25, 0.3) is 0 Å². The molecular weight excluding hydrogens is 367 g/mol. The van der Waals surface area contributed by atoms with Gasteiger partial charge in [0.25, 0.3) is 0 Å². The Morgan fingerprint density at radius 1 is 1.32 bits per heavy atom. The Balaban J connectivity index is 1.87. The Morgan fingerprint density at radius 3 is 2.82 bits per heavy atom. The van der Waals surface area contributed by atoms with Gasteiger partial charge in [-0.2, -0.15) is 5.26 Å². The number of thioether (sulfide) groups is 1. The van der Waals surface area contributed by atoms with Crippen LogP contribution >= 0.6 is 27.7 Å². The molecule has 0 aliphatic carbocycles. The van der Waals surface area contributed by atoms with Crippen LogP contribution < -0.4 is 5.32 Å². The zero-order chi connectivity index (χ0) is 15.9. The fourth-order valence-electron chi connectivity index (χ4n) is 1.77. The van der Waals surface area contributed by atoms with Crippen molar-refractivity contribution in [2.24, 2.45) is 0 Å². The zero-order valence-corrected chi connectivity index (χ0v) is 13.9. The largest absolute Gasteiger partial charge is 0.324 e. The minimum Gasteiger partial charge on any atom is -0.324 e. The van der Waals surface area contributed by atoms with E-state index in [1.807, 2.05) is 6.07 Å². The topological polar surface area (TPSA) is 52.9 Å². The lowest BCUT2D eigenvalue weighted by Gasteiger charge is -2.07. The number of anilines is 1. The summed E-state index contributed by atoms with van der Waals surface area (Å²) in [5, 5.41) is 11.6. The maximum absolute atomic E-state index is 13.6. The number of hydrogen-bond donors (Lipinski definition) is 1. The lowest BCUT2D eigenvalue weighted by atomic mass is 10.2. The molecule has 0 bridgehead atoms. The van der Waals surface area contributed by atoms with Crippen molar-refractivity contribution >= 4 is 39.3 Å². The van der Waals surface area contributed by atoms with E-state index >= 15 is 0 Å². The summed E-state index contributed by atoms with van der Waals surface area (Å²) in [7, 11) is 0. The summed E-state index contributed by atoms with van der Waals surface area (Å²) >= 11 is 4.52. The molecule has 0 unspecified atom stereocenters. The molecule has 0 saturated carbocycles. The van der Waals surface area contributed by atoms with Crippen LogP contribution in [0.1, 0.15) is 11.1 Å². The highest BCUT2D eigenvalue weighted by Crippen LogP contribution is 2.20. The second-order valence-electron chi connectivity index (χ2n) is 4.43. The number of carbonyl (C=O) groups excluding carboxylic acids is 1. The second-order valence-corrected chi connectivity index (χ2v) is 6.34. The predicted molar refractivity (Wildman–Crippen MR) is 90.0 cm³/mol. The third-order valence-electron chi connectivity index (χ3n) is 2.83. The van der Waals surface area contributed by atoms with Crippen molar-refractivity contribution in [1.82, 2.24) is 0 Å². The number of benzene rings is 2. The molecule has 2 aromatic carbocycles. The molecule has 0 atom stereocenters. The van der Waals surface area contributed by atoms with Crippen LogP contribution in [0.15, 0.2) is 46.9 Å². The summed E-state index contributed by atoms with van der Waals surface area (Å²) in [5.74, 6) is 0.0872. The van der Waals surface area contributed by atoms with Crippen LogP contribution in [0.5, 0.6) is 0 Å². The third-order valence-corrected chi connectivity index (χ3v) is 4.30. The quantitative estimate of drug-likeness (QED) is 0.841. The SMILES string of the molecule is N#Cc1ccccc1NC(=O)CSCc1ccc(Br)cc1F. The number of amides is 1. The van der Waals surface area contributed by atoms with Crippen molar-refractivity contribution in [3.8, 4) is 6.07 Å². The van der Waals surface area contributed by atoms with Crippen LogP contribution in [0.3, 0.4) is 0 Å². The van der Waals surface area contributed by atoms with Crippen molar-refractivity contribution in [2.75, 3.05) is 11.1 Å². The van der Waals surface area contributed by atoms with Crippen molar-refractivity contribution < 1.29 is 9.18 Å². The van der Waals surface area contributed by atoms with E-state index in [1.54, 1.807) is 36.4 Å². The van der Waals surface area contributed by atoms with Gasteiger partial charge < -0.3 is 5.32 Å². The van der Waals surface area contributed by atoms with E-state index in [9.17, 15) is 9.18 Å². The first-order chi connectivity index (χ1) is 10.6. The Morgan fingerprint density at radius 2 is 2.09 bits per heavy atom. The number of hydrogen-bond acceptors (Lipinski definition) is 3. The maximum Gasteiger partial charge on any atom is 0.234 e. The molecule has 2 aromatic rings. The van der Waals surface area contributed by atoms with Gasteiger partial charge in [0, 0.05) is 10.2 Å². The van der Waals surface area contributed by atoms with Gasteiger partial charge in [0.15, 0.2) is 0 Å². The molecule has 0 aromatic heterocycles. The molecule has 6 heteroatoms. The van der Waals surface area contributed by atoms with Crippen LogP contribution in [0, 0.1) is 17.1 Å². The van der Waals surface area contributed by atoms with Crippen molar-refractivity contribution in [2.45, 2.75) is 5.75 Å². The van der Waals surface area contributed by atoms with Gasteiger partial charge in [-0.15, -0.1) is 11.8 Å². The first-order valence-electron chi connectivity index (χ1n) is 6.41. The monoisotopic (exact) mass is 378 g/mol. The molecule has 0 aliphatic rings. The van der Waals surface area contributed by atoms with E-state index in [0.717, 1.165) is 0 Å². The van der Waals surface area contributed by atoms with Gasteiger partial charge in [0.2, 0.25) is 5.91 Å². The molecule has 1 amide bonds. The molecular formula is C16H12BrFN2OS. The summed E-state index contributed by atoms with van der Waals surface area (Å²) < 4.78 is 14.3. The van der Waals surface area contributed by atoms with Gasteiger partial charge in [0.05, 0.1) is 17.0 Å². The molecule has 0 saturated heterocycles. The average molecular weight is 379 g/mol. The Bertz CT molecular complexity index is 730. The number of rotatable bonds is 5. The van der Waals surface area contributed by atoms with Crippen LogP contribution in [0.4, 0.5) is 10.1 Å². The fraction of sp³-hybridized carbons (Fsp3) is 0.125. The first-order valence-corrected chi connectivity index (χ1v) is 8.35. The van der Waals surface area contributed by atoms with Gasteiger partial charge in [-0.3, -0.25) is 4.79 Å². The molecule has 0 aliphatic heterocycles. The number of nitrogens with one attached hydrogen (secondary N) is 1. The van der Waals surface area contributed by atoms with Crippen LogP contribution in [-0.2, 0) is 10.5 Å². The van der Waals surface area contributed by atoms with Gasteiger partial charge in [-0.05, 0) is 29.8 Å². The average Bonchev–Trinajstić information content (AvgIpc) is 2.50. The molecule has 3 nitrogen and oxygen atoms in total. The summed E-state index contributed by atoms with van der Waals surface area (Å²) in [6.45, 7) is 0. The number of carbonyl (C=O) groups is 1. The smallest absolute Gasteiger partial charge is 0.234 e. The summed E-state index contributed by atoms with van der Waals surface area (Å²) in [6.07, 6.45) is 0. The van der Waals surface area contributed by atoms with E-state index < -0.39 is 0 Å². The summed E-state index contributed by atoms with van der Waals surface area (Å²) in [4.78, 5) is 11.9. The standard InChI is InChI=1S/C16H12BrFN2OS/c17-13-6-5-12(14(18)7-13)9-22-10-16(21)20-15-4-2-1-3-11(15)8-19/h1-7H,9-10H2,(H,20,21). The Kier molecular flexibility index (Phi) is 5.99. The third kappa shape index (κ3) is 4.58. The van der Waals surface area contributed by atoms with Gasteiger partial charge >= 0.3 is 0 Å². The van der Waals surface area contributed by atoms with E-state index in [1.165, 1.54) is 17.8 Å². The lowest BCUT2D eigenvalue weighted by molar-refractivity contribution is -0.113. The summed E-state index contributed by atoms with van der Waals surface area (Å²) in [6, 6.07) is 13.7. The molecule has 112 valence electrons. The van der Waals surface area contributed by atoms with Gasteiger partial charge in [0.1, 0.15) is 11.9 Å². The van der Waals surface area contributed by atoms with E-state index in [-0.39, 0.29) is 17.5 Å². The molecule has 0 radical (unpaired) electrons.